The predicted molar refractivity (Wildman–Crippen MR) is 70.9 cm³/mol. The molecule has 1 atom stereocenters. The van der Waals surface area contributed by atoms with E-state index in [4.69, 9.17) is 16.3 Å². The predicted octanol–water partition coefficient (Wildman–Crippen LogP) is -1.13. The summed E-state index contributed by atoms with van der Waals surface area (Å²) in [5.74, 6) is 0.599. The Bertz CT molecular complexity index is 391. The van der Waals surface area contributed by atoms with Crippen molar-refractivity contribution in [3.8, 4) is 12.3 Å². The summed E-state index contributed by atoms with van der Waals surface area (Å²) in [6.45, 7) is 1.46. The number of urea groups is 1. The lowest BCUT2D eigenvalue weighted by Crippen LogP contribution is -2.51. The zero-order chi connectivity index (χ0) is 15.5. The van der Waals surface area contributed by atoms with Crippen LogP contribution in [0.25, 0.3) is 0 Å². The molecule has 8 nitrogen and oxygen atoms in total. The van der Waals surface area contributed by atoms with Crippen LogP contribution in [0.1, 0.15) is 6.92 Å². The van der Waals surface area contributed by atoms with Crippen LogP contribution < -0.4 is 10.6 Å². The van der Waals surface area contributed by atoms with E-state index >= 15 is 0 Å². The molecule has 3 amide bonds. The standard InChI is InChI=1S/C12H19N3O5/c1-4-6-15(8-10(16)17)12(19)14-9(2)11(18)13-5-7-20-3/h1,9H,5-8H2,2-3H3,(H,13,18)(H,14,19)(H,16,17). The normalized spacial score (nSPS) is 11.1. The largest absolute Gasteiger partial charge is 0.480 e. The number of hydrogen-bond donors (Lipinski definition) is 3. The van der Waals surface area contributed by atoms with Gasteiger partial charge in [0.15, 0.2) is 0 Å². The quantitative estimate of drug-likeness (QED) is 0.386. The zero-order valence-electron chi connectivity index (χ0n) is 11.5. The van der Waals surface area contributed by atoms with Crippen LogP contribution in [0.4, 0.5) is 4.79 Å². The fourth-order valence-corrected chi connectivity index (χ4v) is 1.24. The lowest BCUT2D eigenvalue weighted by atomic mass is 10.3. The highest BCUT2D eigenvalue weighted by Crippen LogP contribution is 1.92. The number of carboxylic acid groups (broad SMARTS) is 1. The molecule has 3 N–H and O–H groups in total. The van der Waals surface area contributed by atoms with Crippen LogP contribution in [-0.4, -0.2) is 67.3 Å². The highest BCUT2D eigenvalue weighted by Gasteiger charge is 2.20. The van der Waals surface area contributed by atoms with Crippen LogP contribution >= 0.6 is 0 Å². The number of carboxylic acids is 1. The number of methoxy groups -OCH3 is 1. The fourth-order valence-electron chi connectivity index (χ4n) is 1.24. The smallest absolute Gasteiger partial charge is 0.323 e. The van der Waals surface area contributed by atoms with Gasteiger partial charge in [0.05, 0.1) is 13.2 Å². The van der Waals surface area contributed by atoms with Crippen LogP contribution in [0.2, 0.25) is 0 Å². The van der Waals surface area contributed by atoms with Crippen LogP contribution in [0.3, 0.4) is 0 Å². The summed E-state index contributed by atoms with van der Waals surface area (Å²) in [5, 5.41) is 13.6. The Balaban J connectivity index is 4.36. The first-order chi connectivity index (χ1) is 9.42. The first kappa shape index (κ1) is 17.7. The van der Waals surface area contributed by atoms with E-state index in [2.05, 4.69) is 16.6 Å². The number of terminal acetylenes is 1. The molecule has 0 rings (SSSR count). The second-order valence-corrected chi connectivity index (χ2v) is 3.91. The lowest BCUT2D eigenvalue weighted by Gasteiger charge is -2.21. The number of hydrogen-bond acceptors (Lipinski definition) is 4. The number of carbonyl (C=O) groups excluding carboxylic acids is 2. The van der Waals surface area contributed by atoms with Gasteiger partial charge in [-0.05, 0) is 6.92 Å². The molecule has 0 radical (unpaired) electrons. The number of nitrogens with one attached hydrogen (secondary N) is 2. The third-order valence-electron chi connectivity index (χ3n) is 2.23. The molecular weight excluding hydrogens is 266 g/mol. The van der Waals surface area contributed by atoms with E-state index in [1.54, 1.807) is 0 Å². The van der Waals surface area contributed by atoms with Crippen LogP contribution in [0, 0.1) is 12.3 Å². The molecule has 20 heavy (non-hydrogen) atoms. The van der Waals surface area contributed by atoms with Crippen LogP contribution in [0.15, 0.2) is 0 Å². The fraction of sp³-hybridized carbons (Fsp3) is 0.583. The molecule has 0 aliphatic heterocycles. The Hall–Kier alpha value is -2.27. The van der Waals surface area contributed by atoms with E-state index in [1.165, 1.54) is 14.0 Å². The molecule has 8 heteroatoms. The summed E-state index contributed by atoms with van der Waals surface area (Å²) in [7, 11) is 1.50. The molecule has 0 heterocycles. The average molecular weight is 285 g/mol. The maximum absolute atomic E-state index is 11.8. The van der Waals surface area contributed by atoms with E-state index < -0.39 is 30.5 Å². The number of rotatable bonds is 8. The van der Waals surface area contributed by atoms with E-state index in [9.17, 15) is 14.4 Å². The second-order valence-electron chi connectivity index (χ2n) is 3.91. The number of amides is 3. The third kappa shape index (κ3) is 7.23. The molecule has 0 spiro atoms. The molecule has 0 saturated heterocycles. The molecule has 112 valence electrons. The first-order valence-electron chi connectivity index (χ1n) is 5.89. The lowest BCUT2D eigenvalue weighted by molar-refractivity contribution is -0.137. The molecule has 0 aliphatic carbocycles. The van der Waals surface area contributed by atoms with Gasteiger partial charge in [-0.2, -0.15) is 0 Å². The number of ether oxygens (including phenoxy) is 1. The van der Waals surface area contributed by atoms with Crippen LogP contribution in [-0.2, 0) is 14.3 Å². The number of carbonyl (C=O) groups is 3. The highest BCUT2D eigenvalue weighted by atomic mass is 16.5. The summed E-state index contributed by atoms with van der Waals surface area (Å²) in [5.41, 5.74) is 0. The molecule has 0 aromatic heterocycles. The van der Waals surface area contributed by atoms with Crippen molar-refractivity contribution in [3.05, 3.63) is 0 Å². The van der Waals surface area contributed by atoms with E-state index in [1.807, 2.05) is 0 Å². The van der Waals surface area contributed by atoms with E-state index in [0.717, 1.165) is 4.90 Å². The molecule has 0 aromatic carbocycles. The molecule has 0 saturated carbocycles. The van der Waals surface area contributed by atoms with Crippen LogP contribution in [0.5, 0.6) is 0 Å². The van der Waals surface area contributed by atoms with Gasteiger partial charge >= 0.3 is 12.0 Å². The minimum Gasteiger partial charge on any atom is -0.480 e. The summed E-state index contributed by atoms with van der Waals surface area (Å²) >= 11 is 0. The second kappa shape index (κ2) is 9.63. The monoisotopic (exact) mass is 285 g/mol. The molecular formula is C12H19N3O5. The Morgan fingerprint density at radius 3 is 2.60 bits per heavy atom. The van der Waals surface area contributed by atoms with Gasteiger partial charge in [0.1, 0.15) is 12.6 Å². The van der Waals surface area contributed by atoms with Crippen molar-refractivity contribution in [2.75, 3.05) is 33.4 Å². The van der Waals surface area contributed by atoms with E-state index in [-0.39, 0.29) is 6.54 Å². The molecule has 0 bridgehead atoms. The van der Waals surface area contributed by atoms with Gasteiger partial charge in [0, 0.05) is 13.7 Å². The van der Waals surface area contributed by atoms with Crippen molar-refractivity contribution in [2.45, 2.75) is 13.0 Å². The highest BCUT2D eigenvalue weighted by molar-refractivity contribution is 5.87. The number of nitrogens with zero attached hydrogens (tertiary/aromatic N) is 1. The minimum absolute atomic E-state index is 0.157. The van der Waals surface area contributed by atoms with Gasteiger partial charge in [0.25, 0.3) is 0 Å². The maximum atomic E-state index is 11.8. The van der Waals surface area contributed by atoms with Gasteiger partial charge in [-0.25, -0.2) is 4.79 Å². The van der Waals surface area contributed by atoms with Gasteiger partial charge in [-0.1, -0.05) is 5.92 Å². The third-order valence-corrected chi connectivity index (χ3v) is 2.23. The van der Waals surface area contributed by atoms with Crippen molar-refractivity contribution >= 4 is 17.9 Å². The van der Waals surface area contributed by atoms with Crippen molar-refractivity contribution < 1.29 is 24.2 Å². The maximum Gasteiger partial charge on any atom is 0.323 e. The van der Waals surface area contributed by atoms with Crippen molar-refractivity contribution in [2.24, 2.45) is 0 Å². The van der Waals surface area contributed by atoms with Crippen molar-refractivity contribution in [1.82, 2.24) is 15.5 Å². The molecule has 0 aromatic rings. The zero-order valence-corrected chi connectivity index (χ0v) is 11.5. The van der Waals surface area contributed by atoms with Gasteiger partial charge in [-0.3, -0.25) is 9.59 Å². The minimum atomic E-state index is -1.19. The van der Waals surface area contributed by atoms with Crippen molar-refractivity contribution in [3.63, 3.8) is 0 Å². The van der Waals surface area contributed by atoms with Crippen molar-refractivity contribution in [1.29, 1.82) is 0 Å². The topological polar surface area (TPSA) is 108 Å². The Labute approximate surface area is 117 Å². The first-order valence-corrected chi connectivity index (χ1v) is 5.89. The van der Waals surface area contributed by atoms with Gasteiger partial charge in [-0.15, -0.1) is 6.42 Å². The summed E-state index contributed by atoms with van der Waals surface area (Å²) in [6.07, 6.45) is 5.06. The molecule has 1 unspecified atom stereocenters. The van der Waals surface area contributed by atoms with E-state index in [0.29, 0.717) is 13.2 Å². The SMILES string of the molecule is C#CCN(CC(=O)O)C(=O)NC(C)C(=O)NCCOC. The Kier molecular flexibility index (Phi) is 8.54. The average Bonchev–Trinajstić information content (AvgIpc) is 2.37. The molecule has 0 fully saturated rings. The Morgan fingerprint density at radius 2 is 2.10 bits per heavy atom. The summed E-state index contributed by atoms with van der Waals surface area (Å²) in [6, 6.07) is -1.52. The molecule has 0 aliphatic rings. The summed E-state index contributed by atoms with van der Waals surface area (Å²) < 4.78 is 4.77. The van der Waals surface area contributed by atoms with Gasteiger partial charge < -0.3 is 25.4 Å². The number of aliphatic carboxylic acids is 1. The summed E-state index contributed by atoms with van der Waals surface area (Å²) in [4.78, 5) is 34.9. The van der Waals surface area contributed by atoms with Gasteiger partial charge in [0.2, 0.25) is 5.91 Å². The Morgan fingerprint density at radius 1 is 1.45 bits per heavy atom.